The molecule has 1 aliphatic carbocycles. The van der Waals surface area contributed by atoms with E-state index in [4.69, 9.17) is 0 Å². The maximum atomic E-state index is 11.6. The highest BCUT2D eigenvalue weighted by atomic mass is 16.2. The van der Waals surface area contributed by atoms with Gasteiger partial charge in [-0.15, -0.1) is 0 Å². The second kappa shape index (κ2) is 5.91. The summed E-state index contributed by atoms with van der Waals surface area (Å²) < 4.78 is 0. The van der Waals surface area contributed by atoms with Crippen LogP contribution in [0.1, 0.15) is 26.2 Å². The van der Waals surface area contributed by atoms with Crippen LogP contribution >= 0.6 is 0 Å². The van der Waals surface area contributed by atoms with E-state index in [0.29, 0.717) is 5.92 Å². The standard InChI is InChI=1S/C12H22N2O/c1-10(12(15)14(2)3)13-9-11-7-5-4-6-8-11/h4-5,10-11,13H,6-9H2,1-3H3. The molecule has 86 valence electrons. The molecule has 0 bridgehead atoms. The van der Waals surface area contributed by atoms with Crippen LogP contribution < -0.4 is 5.32 Å². The van der Waals surface area contributed by atoms with E-state index in [-0.39, 0.29) is 11.9 Å². The van der Waals surface area contributed by atoms with Crippen LogP contribution in [0.2, 0.25) is 0 Å². The van der Waals surface area contributed by atoms with Crippen molar-refractivity contribution in [1.82, 2.24) is 10.2 Å². The largest absolute Gasteiger partial charge is 0.347 e. The van der Waals surface area contributed by atoms with Gasteiger partial charge in [0.15, 0.2) is 0 Å². The first-order chi connectivity index (χ1) is 7.11. The Labute approximate surface area is 92.5 Å². The molecule has 0 fully saturated rings. The molecule has 0 spiro atoms. The summed E-state index contributed by atoms with van der Waals surface area (Å²) >= 11 is 0. The van der Waals surface area contributed by atoms with Crippen LogP contribution in [0.3, 0.4) is 0 Å². The molecule has 0 aromatic carbocycles. The summed E-state index contributed by atoms with van der Waals surface area (Å²) in [7, 11) is 3.59. The third-order valence-corrected chi connectivity index (χ3v) is 2.90. The molecular formula is C12H22N2O. The summed E-state index contributed by atoms with van der Waals surface area (Å²) in [5.74, 6) is 0.855. The van der Waals surface area contributed by atoms with Gasteiger partial charge in [0.05, 0.1) is 6.04 Å². The zero-order valence-electron chi connectivity index (χ0n) is 9.99. The number of nitrogens with one attached hydrogen (secondary N) is 1. The molecule has 15 heavy (non-hydrogen) atoms. The molecule has 1 aliphatic rings. The van der Waals surface area contributed by atoms with Crippen LogP contribution in [0, 0.1) is 5.92 Å². The average molecular weight is 210 g/mol. The molecule has 0 aliphatic heterocycles. The van der Waals surface area contributed by atoms with E-state index in [1.54, 1.807) is 19.0 Å². The number of carbonyl (C=O) groups excluding carboxylic acids is 1. The second-order valence-electron chi connectivity index (χ2n) is 4.51. The van der Waals surface area contributed by atoms with E-state index in [1.165, 1.54) is 12.8 Å². The predicted molar refractivity (Wildman–Crippen MR) is 62.6 cm³/mol. The lowest BCUT2D eigenvalue weighted by Gasteiger charge is -2.22. The number of allylic oxidation sites excluding steroid dienone is 2. The maximum Gasteiger partial charge on any atom is 0.238 e. The van der Waals surface area contributed by atoms with Crippen molar-refractivity contribution < 1.29 is 4.79 Å². The Morgan fingerprint density at radius 3 is 2.80 bits per heavy atom. The first-order valence-electron chi connectivity index (χ1n) is 5.70. The summed E-state index contributed by atoms with van der Waals surface area (Å²) in [5.41, 5.74) is 0. The Balaban J connectivity index is 2.24. The Morgan fingerprint density at radius 2 is 2.27 bits per heavy atom. The van der Waals surface area contributed by atoms with Gasteiger partial charge in [-0.1, -0.05) is 12.2 Å². The van der Waals surface area contributed by atoms with Crippen molar-refractivity contribution in [3.63, 3.8) is 0 Å². The zero-order valence-corrected chi connectivity index (χ0v) is 9.99. The van der Waals surface area contributed by atoms with Crippen molar-refractivity contribution in [1.29, 1.82) is 0 Å². The highest BCUT2D eigenvalue weighted by Gasteiger charge is 2.16. The molecule has 0 heterocycles. The monoisotopic (exact) mass is 210 g/mol. The van der Waals surface area contributed by atoms with Crippen LogP contribution in [0.25, 0.3) is 0 Å². The molecule has 2 atom stereocenters. The van der Waals surface area contributed by atoms with Gasteiger partial charge in [0.25, 0.3) is 0 Å². The molecule has 0 aromatic heterocycles. The van der Waals surface area contributed by atoms with Crippen LogP contribution in [0.5, 0.6) is 0 Å². The molecule has 0 saturated carbocycles. The van der Waals surface area contributed by atoms with Gasteiger partial charge in [0.1, 0.15) is 0 Å². The summed E-state index contributed by atoms with van der Waals surface area (Å²) in [5, 5.41) is 3.31. The summed E-state index contributed by atoms with van der Waals surface area (Å²) in [6.45, 7) is 2.88. The number of nitrogens with zero attached hydrogens (tertiary/aromatic N) is 1. The van der Waals surface area contributed by atoms with Gasteiger partial charge < -0.3 is 10.2 Å². The predicted octanol–water partition coefficient (Wildman–Crippen LogP) is 1.41. The second-order valence-corrected chi connectivity index (χ2v) is 4.51. The van der Waals surface area contributed by atoms with Crippen molar-refractivity contribution in [2.75, 3.05) is 20.6 Å². The fourth-order valence-corrected chi connectivity index (χ4v) is 1.86. The average Bonchev–Trinajstić information content (AvgIpc) is 2.26. The molecule has 1 rings (SSSR count). The van der Waals surface area contributed by atoms with Gasteiger partial charge in [0, 0.05) is 14.1 Å². The highest BCUT2D eigenvalue weighted by molar-refractivity contribution is 5.80. The molecule has 0 saturated heterocycles. The van der Waals surface area contributed by atoms with Crippen molar-refractivity contribution >= 4 is 5.91 Å². The summed E-state index contributed by atoms with van der Waals surface area (Å²) in [6, 6.07) is -0.0640. The van der Waals surface area contributed by atoms with E-state index in [0.717, 1.165) is 13.0 Å². The minimum absolute atomic E-state index is 0.0640. The van der Waals surface area contributed by atoms with Gasteiger partial charge in [-0.05, 0) is 38.6 Å². The number of hydrogen-bond acceptors (Lipinski definition) is 2. The lowest BCUT2D eigenvalue weighted by atomic mass is 9.94. The van der Waals surface area contributed by atoms with Crippen LogP contribution in [-0.2, 0) is 4.79 Å². The molecule has 3 nitrogen and oxygen atoms in total. The smallest absolute Gasteiger partial charge is 0.238 e. The van der Waals surface area contributed by atoms with E-state index < -0.39 is 0 Å². The fraction of sp³-hybridized carbons (Fsp3) is 0.750. The third kappa shape index (κ3) is 4.04. The molecule has 2 unspecified atom stereocenters. The van der Waals surface area contributed by atoms with E-state index in [2.05, 4.69) is 17.5 Å². The van der Waals surface area contributed by atoms with Crippen molar-refractivity contribution in [3.05, 3.63) is 12.2 Å². The number of rotatable bonds is 4. The Hall–Kier alpha value is -0.830. The zero-order chi connectivity index (χ0) is 11.3. The molecule has 3 heteroatoms. The lowest BCUT2D eigenvalue weighted by molar-refractivity contribution is -0.130. The molecule has 1 amide bonds. The third-order valence-electron chi connectivity index (χ3n) is 2.90. The Kier molecular flexibility index (Phi) is 4.82. The van der Waals surface area contributed by atoms with E-state index in [1.807, 2.05) is 6.92 Å². The lowest BCUT2D eigenvalue weighted by Crippen LogP contribution is -2.43. The molecule has 0 aromatic rings. The van der Waals surface area contributed by atoms with E-state index in [9.17, 15) is 4.79 Å². The number of likely N-dealkylation sites (N-methyl/N-ethyl adjacent to an activating group) is 1. The highest BCUT2D eigenvalue weighted by Crippen LogP contribution is 2.16. The molecular weight excluding hydrogens is 188 g/mol. The van der Waals surface area contributed by atoms with Crippen molar-refractivity contribution in [2.24, 2.45) is 5.92 Å². The number of carbonyl (C=O) groups is 1. The Morgan fingerprint density at radius 1 is 1.53 bits per heavy atom. The first kappa shape index (κ1) is 12.2. The van der Waals surface area contributed by atoms with Gasteiger partial charge >= 0.3 is 0 Å². The number of amides is 1. The maximum absolute atomic E-state index is 11.6. The van der Waals surface area contributed by atoms with Crippen LogP contribution in [-0.4, -0.2) is 37.5 Å². The number of hydrogen-bond donors (Lipinski definition) is 1. The van der Waals surface area contributed by atoms with E-state index >= 15 is 0 Å². The summed E-state index contributed by atoms with van der Waals surface area (Å²) in [6.07, 6.45) is 8.06. The first-order valence-corrected chi connectivity index (χ1v) is 5.70. The van der Waals surface area contributed by atoms with Gasteiger partial charge in [-0.2, -0.15) is 0 Å². The quantitative estimate of drug-likeness (QED) is 0.712. The molecule has 1 N–H and O–H groups in total. The van der Waals surface area contributed by atoms with Crippen LogP contribution in [0.15, 0.2) is 12.2 Å². The fourth-order valence-electron chi connectivity index (χ4n) is 1.86. The van der Waals surface area contributed by atoms with Gasteiger partial charge in [-0.25, -0.2) is 0 Å². The minimum Gasteiger partial charge on any atom is -0.347 e. The summed E-state index contributed by atoms with van der Waals surface area (Å²) in [4.78, 5) is 13.2. The minimum atomic E-state index is -0.0640. The Bertz CT molecular complexity index is 236. The molecule has 0 radical (unpaired) electrons. The van der Waals surface area contributed by atoms with Crippen LogP contribution in [0.4, 0.5) is 0 Å². The normalized spacial score (nSPS) is 22.5. The van der Waals surface area contributed by atoms with Gasteiger partial charge in [-0.3, -0.25) is 4.79 Å². The SMILES string of the molecule is CC(NCC1CC=CCC1)C(=O)N(C)C. The van der Waals surface area contributed by atoms with Crippen molar-refractivity contribution in [3.8, 4) is 0 Å². The topological polar surface area (TPSA) is 32.3 Å². The van der Waals surface area contributed by atoms with Gasteiger partial charge in [0.2, 0.25) is 5.91 Å². The van der Waals surface area contributed by atoms with Crippen molar-refractivity contribution in [2.45, 2.75) is 32.2 Å².